The van der Waals surface area contributed by atoms with Crippen molar-refractivity contribution in [2.75, 3.05) is 0 Å². The Bertz CT molecular complexity index is 1110. The van der Waals surface area contributed by atoms with E-state index in [-0.39, 0.29) is 0 Å². The lowest BCUT2D eigenvalue weighted by Gasteiger charge is -2.10. The predicted octanol–water partition coefficient (Wildman–Crippen LogP) is 4.44. The van der Waals surface area contributed by atoms with Gasteiger partial charge in [-0.15, -0.1) is 23.4 Å². The molecule has 0 amide bonds. The number of hydrogen-bond donors (Lipinski definition) is 1. The molecule has 0 atom stereocenters. The van der Waals surface area contributed by atoms with Crippen LogP contribution in [0.5, 0.6) is 5.75 Å². The zero-order chi connectivity index (χ0) is 19.7. The van der Waals surface area contributed by atoms with Gasteiger partial charge in [0.05, 0.1) is 0 Å². The standard InChI is InChI=1S/C18H12F4N4O2/c19-13-7-10(4-6-14(13)28-18(20,21)22)1-2-11-3-5-12-9-16(27-15(12)8-11)17-23-25-26-24-17/h3-9H,1-2H2,(H,23,24,25,26). The summed E-state index contributed by atoms with van der Waals surface area (Å²) >= 11 is 0. The van der Waals surface area contributed by atoms with Crippen LogP contribution in [-0.4, -0.2) is 27.0 Å². The van der Waals surface area contributed by atoms with Gasteiger partial charge in [-0.2, -0.15) is 5.21 Å². The SMILES string of the molecule is Fc1cc(CCc2ccc3cc(-c4nn[nH]n4)oc3c2)ccc1OC(F)(F)F. The fourth-order valence-electron chi connectivity index (χ4n) is 2.80. The number of fused-ring (bicyclic) bond motifs is 1. The maximum atomic E-state index is 13.8. The Morgan fingerprint density at radius 1 is 1.00 bits per heavy atom. The molecule has 0 saturated carbocycles. The van der Waals surface area contributed by atoms with Crippen molar-refractivity contribution in [3.05, 3.63) is 59.4 Å². The molecule has 4 rings (SSSR count). The summed E-state index contributed by atoms with van der Waals surface area (Å²) in [7, 11) is 0. The number of aryl methyl sites for hydroxylation is 2. The van der Waals surface area contributed by atoms with E-state index >= 15 is 0 Å². The van der Waals surface area contributed by atoms with Gasteiger partial charge < -0.3 is 9.15 Å². The van der Waals surface area contributed by atoms with E-state index in [0.717, 1.165) is 23.1 Å². The number of benzene rings is 2. The first kappa shape index (κ1) is 18.0. The van der Waals surface area contributed by atoms with Crippen molar-refractivity contribution >= 4 is 11.0 Å². The second-order valence-corrected chi connectivity index (χ2v) is 6.03. The van der Waals surface area contributed by atoms with Crippen LogP contribution in [0.25, 0.3) is 22.6 Å². The van der Waals surface area contributed by atoms with Crippen LogP contribution in [0.4, 0.5) is 17.6 Å². The van der Waals surface area contributed by atoms with Crippen LogP contribution in [0.15, 0.2) is 46.9 Å². The van der Waals surface area contributed by atoms with Gasteiger partial charge in [0.25, 0.3) is 0 Å². The average Bonchev–Trinajstić information content (AvgIpc) is 3.29. The molecular formula is C18H12F4N4O2. The Morgan fingerprint density at radius 2 is 1.75 bits per heavy atom. The van der Waals surface area contributed by atoms with Crippen molar-refractivity contribution in [2.45, 2.75) is 19.2 Å². The highest BCUT2D eigenvalue weighted by molar-refractivity contribution is 5.82. The van der Waals surface area contributed by atoms with Crippen LogP contribution in [0.1, 0.15) is 11.1 Å². The number of hydrogen-bond acceptors (Lipinski definition) is 5. The Labute approximate surface area is 155 Å². The van der Waals surface area contributed by atoms with Crippen LogP contribution >= 0.6 is 0 Å². The number of nitrogens with zero attached hydrogens (tertiary/aromatic N) is 3. The molecule has 144 valence electrons. The molecule has 0 spiro atoms. The molecule has 2 aromatic heterocycles. The molecule has 2 aromatic carbocycles. The third-order valence-corrected chi connectivity index (χ3v) is 4.07. The van der Waals surface area contributed by atoms with Gasteiger partial charge >= 0.3 is 6.36 Å². The number of aromatic nitrogens is 4. The fourth-order valence-corrected chi connectivity index (χ4v) is 2.80. The molecule has 0 aliphatic rings. The van der Waals surface area contributed by atoms with E-state index in [1.165, 1.54) is 6.07 Å². The van der Waals surface area contributed by atoms with Crippen molar-refractivity contribution < 1.29 is 26.7 Å². The molecule has 0 fully saturated rings. The number of rotatable bonds is 5. The molecular weight excluding hydrogens is 380 g/mol. The van der Waals surface area contributed by atoms with Gasteiger partial charge in [0.1, 0.15) is 5.58 Å². The highest BCUT2D eigenvalue weighted by Gasteiger charge is 2.32. The van der Waals surface area contributed by atoms with Crippen molar-refractivity contribution in [1.82, 2.24) is 20.6 Å². The van der Waals surface area contributed by atoms with Crippen LogP contribution in [-0.2, 0) is 12.8 Å². The predicted molar refractivity (Wildman–Crippen MR) is 89.9 cm³/mol. The van der Waals surface area contributed by atoms with Crippen LogP contribution in [0, 0.1) is 5.82 Å². The van der Waals surface area contributed by atoms with E-state index in [4.69, 9.17) is 4.42 Å². The van der Waals surface area contributed by atoms with Gasteiger partial charge in [-0.25, -0.2) is 4.39 Å². The minimum absolute atomic E-state index is 0.342. The third-order valence-electron chi connectivity index (χ3n) is 4.07. The molecule has 0 radical (unpaired) electrons. The molecule has 0 saturated heterocycles. The summed E-state index contributed by atoms with van der Waals surface area (Å²) in [5.41, 5.74) is 2.12. The van der Waals surface area contributed by atoms with Gasteiger partial charge in [0.15, 0.2) is 17.3 Å². The highest BCUT2D eigenvalue weighted by atomic mass is 19.4. The van der Waals surface area contributed by atoms with Crippen molar-refractivity contribution in [2.24, 2.45) is 0 Å². The van der Waals surface area contributed by atoms with Gasteiger partial charge in [-0.1, -0.05) is 18.2 Å². The van der Waals surface area contributed by atoms with Gasteiger partial charge in [0.2, 0.25) is 5.82 Å². The lowest BCUT2D eigenvalue weighted by atomic mass is 10.0. The van der Waals surface area contributed by atoms with Gasteiger partial charge in [-0.05, 0) is 53.4 Å². The van der Waals surface area contributed by atoms with Gasteiger partial charge in [-0.3, -0.25) is 0 Å². The van der Waals surface area contributed by atoms with Crippen molar-refractivity contribution in [3.8, 4) is 17.3 Å². The zero-order valence-corrected chi connectivity index (χ0v) is 14.1. The smallest absolute Gasteiger partial charge is 0.453 e. The summed E-state index contributed by atoms with van der Waals surface area (Å²) in [6.07, 6.45) is -3.94. The Balaban J connectivity index is 1.47. The second kappa shape index (κ2) is 6.95. The van der Waals surface area contributed by atoms with Crippen LogP contribution in [0.2, 0.25) is 0 Å². The summed E-state index contributed by atoms with van der Waals surface area (Å²) in [6, 6.07) is 10.8. The van der Waals surface area contributed by atoms with E-state index in [9.17, 15) is 17.6 Å². The number of ether oxygens (including phenoxy) is 1. The number of H-pyrrole nitrogens is 1. The first-order valence-electron chi connectivity index (χ1n) is 8.18. The Morgan fingerprint density at radius 3 is 2.43 bits per heavy atom. The minimum Gasteiger partial charge on any atom is -0.453 e. The molecule has 28 heavy (non-hydrogen) atoms. The number of halogens is 4. The highest BCUT2D eigenvalue weighted by Crippen LogP contribution is 2.28. The van der Waals surface area contributed by atoms with E-state index < -0.39 is 17.9 Å². The zero-order valence-electron chi connectivity index (χ0n) is 14.1. The lowest BCUT2D eigenvalue weighted by molar-refractivity contribution is -0.275. The van der Waals surface area contributed by atoms with E-state index in [1.807, 2.05) is 18.2 Å². The molecule has 0 aliphatic heterocycles. The molecule has 6 nitrogen and oxygen atoms in total. The molecule has 2 heterocycles. The van der Waals surface area contributed by atoms with E-state index in [0.29, 0.717) is 35.6 Å². The first-order chi connectivity index (χ1) is 13.4. The van der Waals surface area contributed by atoms with Crippen LogP contribution < -0.4 is 4.74 Å². The molecule has 0 aliphatic carbocycles. The maximum Gasteiger partial charge on any atom is 0.573 e. The molecule has 0 unspecified atom stereocenters. The lowest BCUT2D eigenvalue weighted by Crippen LogP contribution is -2.18. The summed E-state index contributed by atoms with van der Waals surface area (Å²) in [5, 5.41) is 14.4. The number of aromatic amines is 1. The molecule has 0 bridgehead atoms. The van der Waals surface area contributed by atoms with Crippen molar-refractivity contribution in [3.63, 3.8) is 0 Å². The van der Waals surface area contributed by atoms with Crippen LogP contribution in [0.3, 0.4) is 0 Å². The minimum atomic E-state index is -4.93. The maximum absolute atomic E-state index is 13.8. The second-order valence-electron chi connectivity index (χ2n) is 6.03. The first-order valence-corrected chi connectivity index (χ1v) is 8.18. The largest absolute Gasteiger partial charge is 0.573 e. The topological polar surface area (TPSA) is 76.8 Å². The summed E-state index contributed by atoms with van der Waals surface area (Å²) in [5.74, 6) is -1.08. The molecule has 4 aromatic rings. The summed E-state index contributed by atoms with van der Waals surface area (Å²) in [6.45, 7) is 0. The van der Waals surface area contributed by atoms with Crippen molar-refractivity contribution in [1.29, 1.82) is 0 Å². The molecule has 1 N–H and O–H groups in total. The van der Waals surface area contributed by atoms with E-state index in [2.05, 4.69) is 25.4 Å². The number of furan rings is 1. The number of alkyl halides is 3. The monoisotopic (exact) mass is 392 g/mol. The number of tetrazole rings is 1. The average molecular weight is 392 g/mol. The molecule has 10 heteroatoms. The normalized spacial score (nSPS) is 11.9. The Hall–Kier alpha value is -3.43. The summed E-state index contributed by atoms with van der Waals surface area (Å²) < 4.78 is 59.7. The summed E-state index contributed by atoms with van der Waals surface area (Å²) in [4.78, 5) is 0. The van der Waals surface area contributed by atoms with Gasteiger partial charge in [0, 0.05) is 5.39 Å². The fraction of sp³-hybridized carbons (Fsp3) is 0.167. The Kier molecular flexibility index (Phi) is 4.46. The van der Waals surface area contributed by atoms with E-state index in [1.54, 1.807) is 6.07 Å². The number of nitrogens with one attached hydrogen (secondary N) is 1. The third kappa shape index (κ3) is 3.95. The quantitative estimate of drug-likeness (QED) is 0.508.